The maximum atomic E-state index is 13.7. The molecule has 0 saturated heterocycles. The predicted octanol–water partition coefficient (Wildman–Crippen LogP) is 5.80. The van der Waals surface area contributed by atoms with Gasteiger partial charge in [0, 0.05) is 5.69 Å². The molecule has 1 heterocycles. The van der Waals surface area contributed by atoms with E-state index in [2.05, 4.69) is 5.32 Å². The number of anilines is 2. The van der Waals surface area contributed by atoms with Gasteiger partial charge in [0.2, 0.25) is 0 Å². The van der Waals surface area contributed by atoms with E-state index in [-0.39, 0.29) is 23.6 Å². The highest BCUT2D eigenvalue weighted by atomic mass is 16.5. The van der Waals surface area contributed by atoms with Gasteiger partial charge in [-0.3, -0.25) is 9.59 Å². The Morgan fingerprint density at radius 1 is 0.788 bits per heavy atom. The maximum absolute atomic E-state index is 13.7. The van der Waals surface area contributed by atoms with Gasteiger partial charge in [-0.25, -0.2) is 4.90 Å². The summed E-state index contributed by atoms with van der Waals surface area (Å²) in [7, 11) is 0. The van der Waals surface area contributed by atoms with Crippen molar-refractivity contribution in [3.8, 4) is 5.75 Å². The molecule has 0 radical (unpaired) electrons. The summed E-state index contributed by atoms with van der Waals surface area (Å²) in [5.41, 5.74) is 5.57. The van der Waals surface area contributed by atoms with Crippen molar-refractivity contribution in [2.45, 2.75) is 40.7 Å². The molecule has 0 aromatic heterocycles. The molecule has 168 valence electrons. The standard InChI is InChI=1S/C28H28N2O3/c1-17(2)33-22-15-13-21(14-16-22)25-26(29-23-11-7-6-9-19(23)4)28(32)30(27(25)31)24-12-8-10-18(3)20(24)5/h6-17,29H,1-5H3. The van der Waals surface area contributed by atoms with Crippen molar-refractivity contribution in [3.63, 3.8) is 0 Å². The minimum Gasteiger partial charge on any atom is -0.491 e. The lowest BCUT2D eigenvalue weighted by Crippen LogP contribution is -2.33. The molecule has 0 atom stereocenters. The number of ether oxygens (including phenoxy) is 1. The zero-order chi connectivity index (χ0) is 23.7. The van der Waals surface area contributed by atoms with E-state index in [4.69, 9.17) is 4.74 Å². The van der Waals surface area contributed by atoms with Crippen LogP contribution in [0.4, 0.5) is 11.4 Å². The van der Waals surface area contributed by atoms with E-state index >= 15 is 0 Å². The number of aryl methyl sites for hydroxylation is 2. The van der Waals surface area contributed by atoms with Crippen molar-refractivity contribution in [1.82, 2.24) is 0 Å². The highest BCUT2D eigenvalue weighted by molar-refractivity contribution is 6.46. The number of rotatable bonds is 6. The van der Waals surface area contributed by atoms with Crippen LogP contribution in [-0.2, 0) is 9.59 Å². The van der Waals surface area contributed by atoms with Crippen LogP contribution in [0.25, 0.3) is 5.57 Å². The molecular formula is C28H28N2O3. The number of amides is 2. The molecule has 4 rings (SSSR count). The fourth-order valence-electron chi connectivity index (χ4n) is 3.93. The van der Waals surface area contributed by atoms with Crippen molar-refractivity contribution in [2.24, 2.45) is 0 Å². The number of nitrogens with zero attached hydrogens (tertiary/aromatic N) is 1. The van der Waals surface area contributed by atoms with Crippen molar-refractivity contribution in [1.29, 1.82) is 0 Å². The van der Waals surface area contributed by atoms with Crippen molar-refractivity contribution in [2.75, 3.05) is 10.2 Å². The smallest absolute Gasteiger partial charge is 0.282 e. The minimum atomic E-state index is -0.366. The first-order valence-corrected chi connectivity index (χ1v) is 11.1. The second-order valence-electron chi connectivity index (χ2n) is 8.55. The molecule has 0 saturated carbocycles. The minimum absolute atomic E-state index is 0.0443. The summed E-state index contributed by atoms with van der Waals surface area (Å²) in [5.74, 6) is 0.00249. The molecule has 1 aliphatic heterocycles. The fraction of sp³-hybridized carbons (Fsp3) is 0.214. The highest BCUT2D eigenvalue weighted by Gasteiger charge is 2.41. The first-order chi connectivity index (χ1) is 15.8. The van der Waals surface area contributed by atoms with Crippen LogP contribution in [0, 0.1) is 20.8 Å². The molecule has 2 amide bonds. The zero-order valence-electron chi connectivity index (χ0n) is 19.6. The molecule has 5 nitrogen and oxygen atoms in total. The second-order valence-corrected chi connectivity index (χ2v) is 8.55. The molecule has 3 aromatic carbocycles. The van der Waals surface area contributed by atoms with Gasteiger partial charge in [-0.1, -0.05) is 42.5 Å². The maximum Gasteiger partial charge on any atom is 0.282 e. The summed E-state index contributed by atoms with van der Waals surface area (Å²) >= 11 is 0. The molecule has 0 bridgehead atoms. The number of hydrogen-bond donors (Lipinski definition) is 1. The third-order valence-electron chi connectivity index (χ3n) is 5.82. The van der Waals surface area contributed by atoms with Gasteiger partial charge in [0.1, 0.15) is 11.4 Å². The number of carbonyl (C=O) groups excluding carboxylic acids is 2. The third kappa shape index (κ3) is 4.27. The van der Waals surface area contributed by atoms with Gasteiger partial charge in [-0.15, -0.1) is 0 Å². The first kappa shape index (κ1) is 22.3. The molecule has 1 N–H and O–H groups in total. The Kier molecular flexibility index (Phi) is 6.05. The Hall–Kier alpha value is -3.86. The summed E-state index contributed by atoms with van der Waals surface area (Å²) in [5, 5.41) is 3.25. The molecule has 5 heteroatoms. The molecule has 0 aliphatic carbocycles. The van der Waals surface area contributed by atoms with E-state index in [1.165, 1.54) is 4.90 Å². The lowest BCUT2D eigenvalue weighted by molar-refractivity contribution is -0.120. The monoisotopic (exact) mass is 440 g/mol. The van der Waals surface area contributed by atoms with Crippen LogP contribution >= 0.6 is 0 Å². The summed E-state index contributed by atoms with van der Waals surface area (Å²) < 4.78 is 5.74. The highest BCUT2D eigenvalue weighted by Crippen LogP contribution is 2.36. The van der Waals surface area contributed by atoms with Gasteiger partial charge in [0.15, 0.2) is 0 Å². The van der Waals surface area contributed by atoms with E-state index in [0.29, 0.717) is 22.6 Å². The summed E-state index contributed by atoms with van der Waals surface area (Å²) in [6.45, 7) is 9.78. The van der Waals surface area contributed by atoms with Crippen LogP contribution in [0.3, 0.4) is 0 Å². The fourth-order valence-corrected chi connectivity index (χ4v) is 3.93. The Balaban J connectivity index is 1.82. The molecule has 0 spiro atoms. The Labute approximate surface area is 194 Å². The second kappa shape index (κ2) is 8.94. The topological polar surface area (TPSA) is 58.6 Å². The number of imide groups is 1. The number of nitrogens with one attached hydrogen (secondary N) is 1. The summed E-state index contributed by atoms with van der Waals surface area (Å²) in [6.07, 6.45) is 0.0443. The summed E-state index contributed by atoms with van der Waals surface area (Å²) in [4.78, 5) is 28.6. The van der Waals surface area contributed by atoms with E-state index in [1.807, 2.05) is 101 Å². The van der Waals surface area contributed by atoms with Gasteiger partial charge in [0.05, 0.1) is 17.4 Å². The van der Waals surface area contributed by atoms with Crippen LogP contribution in [0.2, 0.25) is 0 Å². The van der Waals surface area contributed by atoms with Gasteiger partial charge in [0.25, 0.3) is 11.8 Å². The third-order valence-corrected chi connectivity index (χ3v) is 5.82. The van der Waals surface area contributed by atoms with Crippen LogP contribution in [0.1, 0.15) is 36.1 Å². The van der Waals surface area contributed by atoms with Crippen LogP contribution in [-0.4, -0.2) is 17.9 Å². The lowest BCUT2D eigenvalue weighted by Gasteiger charge is -2.19. The zero-order valence-corrected chi connectivity index (χ0v) is 19.6. The predicted molar refractivity (Wildman–Crippen MR) is 132 cm³/mol. The number of para-hydroxylation sites is 1. The van der Waals surface area contributed by atoms with Crippen molar-refractivity contribution < 1.29 is 14.3 Å². The van der Waals surface area contributed by atoms with E-state index in [9.17, 15) is 9.59 Å². The average Bonchev–Trinajstić information content (AvgIpc) is 3.01. The SMILES string of the molecule is Cc1ccccc1NC1=C(c2ccc(OC(C)C)cc2)C(=O)N(c2cccc(C)c2C)C1=O. The quantitative estimate of drug-likeness (QED) is 0.493. The first-order valence-electron chi connectivity index (χ1n) is 11.1. The van der Waals surface area contributed by atoms with Crippen molar-refractivity contribution in [3.05, 3.63) is 94.7 Å². The van der Waals surface area contributed by atoms with Gasteiger partial charge < -0.3 is 10.1 Å². The van der Waals surface area contributed by atoms with Gasteiger partial charge in [-0.2, -0.15) is 0 Å². The Morgan fingerprint density at radius 3 is 2.12 bits per heavy atom. The molecular weight excluding hydrogens is 412 g/mol. The molecule has 3 aromatic rings. The van der Waals surface area contributed by atoms with Gasteiger partial charge in [-0.05, 0) is 81.1 Å². The molecule has 1 aliphatic rings. The van der Waals surface area contributed by atoms with E-state index in [0.717, 1.165) is 22.4 Å². The normalized spacial score (nSPS) is 13.8. The van der Waals surface area contributed by atoms with Crippen LogP contribution in [0.5, 0.6) is 5.75 Å². The summed E-state index contributed by atoms with van der Waals surface area (Å²) in [6, 6.07) is 20.6. The number of benzene rings is 3. The lowest BCUT2D eigenvalue weighted by atomic mass is 10.0. The largest absolute Gasteiger partial charge is 0.491 e. The molecule has 33 heavy (non-hydrogen) atoms. The number of carbonyl (C=O) groups is 2. The Bertz CT molecular complexity index is 1260. The molecule has 0 fully saturated rings. The van der Waals surface area contributed by atoms with Crippen LogP contribution < -0.4 is 15.0 Å². The van der Waals surface area contributed by atoms with Crippen LogP contribution in [0.15, 0.2) is 72.4 Å². The molecule has 0 unspecified atom stereocenters. The van der Waals surface area contributed by atoms with Crippen molar-refractivity contribution >= 4 is 28.8 Å². The Morgan fingerprint density at radius 2 is 1.45 bits per heavy atom. The number of hydrogen-bond acceptors (Lipinski definition) is 4. The average molecular weight is 441 g/mol. The van der Waals surface area contributed by atoms with E-state index in [1.54, 1.807) is 0 Å². The van der Waals surface area contributed by atoms with Gasteiger partial charge >= 0.3 is 0 Å². The van der Waals surface area contributed by atoms with E-state index < -0.39 is 0 Å².